The number of aromatic nitrogens is 2. The van der Waals surface area contributed by atoms with Gasteiger partial charge in [-0.3, -0.25) is 0 Å². The Morgan fingerprint density at radius 3 is 1.90 bits per heavy atom. The SMILES string of the molecule is c1ccc(-c2cc(-c3ccccc3)nc(-c3cccc4c3-c3cc(-c5ccc6oc7ccccc7c6c5)ccc3C43c4ccccc4-n4c5ccccc5c5cccc3c54)c2)cc1. The molecular formula is C60H36N2O. The van der Waals surface area contributed by atoms with Crippen LogP contribution in [-0.4, -0.2) is 9.55 Å². The number of furan rings is 1. The highest BCUT2D eigenvalue weighted by molar-refractivity contribution is 6.13. The summed E-state index contributed by atoms with van der Waals surface area (Å²) in [5.74, 6) is 0. The number of hydrogen-bond donors (Lipinski definition) is 0. The predicted octanol–water partition coefficient (Wildman–Crippen LogP) is 15.4. The fourth-order valence-electron chi connectivity index (χ4n) is 11.2. The first-order valence-electron chi connectivity index (χ1n) is 21.7. The molecule has 1 aliphatic carbocycles. The van der Waals surface area contributed by atoms with Crippen LogP contribution in [0.1, 0.15) is 22.3 Å². The molecule has 0 saturated heterocycles. The van der Waals surface area contributed by atoms with Gasteiger partial charge in [0, 0.05) is 32.7 Å². The molecule has 0 bridgehead atoms. The molecular weight excluding hydrogens is 765 g/mol. The Kier molecular flexibility index (Phi) is 7.04. The van der Waals surface area contributed by atoms with E-state index < -0.39 is 5.41 Å². The van der Waals surface area contributed by atoms with Gasteiger partial charge in [-0.05, 0) is 104 Å². The molecule has 3 nitrogen and oxygen atoms in total. The summed E-state index contributed by atoms with van der Waals surface area (Å²) < 4.78 is 8.80. The van der Waals surface area contributed by atoms with Gasteiger partial charge >= 0.3 is 0 Å². The summed E-state index contributed by atoms with van der Waals surface area (Å²) in [6, 6.07) is 79.8. The molecule has 0 N–H and O–H groups in total. The maximum Gasteiger partial charge on any atom is 0.135 e. The smallest absolute Gasteiger partial charge is 0.135 e. The molecule has 1 aliphatic heterocycles. The fourth-order valence-corrected chi connectivity index (χ4v) is 11.2. The lowest BCUT2D eigenvalue weighted by Crippen LogP contribution is -2.33. The van der Waals surface area contributed by atoms with Crippen LogP contribution in [0.5, 0.6) is 0 Å². The maximum atomic E-state index is 6.29. The minimum Gasteiger partial charge on any atom is -0.456 e. The van der Waals surface area contributed by atoms with Crippen LogP contribution in [0.15, 0.2) is 223 Å². The average Bonchev–Trinajstić information content (AvgIpc) is 4.00. The van der Waals surface area contributed by atoms with Crippen molar-refractivity contribution in [1.82, 2.24) is 9.55 Å². The van der Waals surface area contributed by atoms with Gasteiger partial charge in [-0.15, -0.1) is 0 Å². The number of fused-ring (bicyclic) bond motifs is 15. The van der Waals surface area contributed by atoms with Crippen molar-refractivity contribution in [2.75, 3.05) is 0 Å². The molecule has 1 atom stereocenters. The monoisotopic (exact) mass is 800 g/mol. The first-order valence-corrected chi connectivity index (χ1v) is 21.7. The molecule has 14 rings (SSSR count). The van der Waals surface area contributed by atoms with Crippen LogP contribution in [0.2, 0.25) is 0 Å². The molecule has 0 fully saturated rings. The Hall–Kier alpha value is -8.27. The van der Waals surface area contributed by atoms with Crippen molar-refractivity contribution in [2.45, 2.75) is 5.41 Å². The summed E-state index contributed by atoms with van der Waals surface area (Å²) in [5, 5.41) is 4.78. The van der Waals surface area contributed by atoms with Gasteiger partial charge in [0.1, 0.15) is 11.2 Å². The Morgan fingerprint density at radius 1 is 0.365 bits per heavy atom. The molecule has 1 unspecified atom stereocenters. The Morgan fingerprint density at radius 2 is 1.02 bits per heavy atom. The van der Waals surface area contributed by atoms with Crippen LogP contribution in [0.4, 0.5) is 0 Å². The van der Waals surface area contributed by atoms with Gasteiger partial charge in [0.25, 0.3) is 0 Å². The summed E-state index contributed by atoms with van der Waals surface area (Å²) in [5.41, 5.74) is 21.2. The third-order valence-electron chi connectivity index (χ3n) is 13.8. The molecule has 2 aliphatic rings. The van der Waals surface area contributed by atoms with E-state index in [0.29, 0.717) is 0 Å². The Balaban J connectivity index is 1.10. The number of para-hydroxylation sites is 4. The third-order valence-corrected chi connectivity index (χ3v) is 13.8. The largest absolute Gasteiger partial charge is 0.456 e. The first kappa shape index (κ1) is 34.4. The van der Waals surface area contributed by atoms with E-state index in [2.05, 4.69) is 211 Å². The van der Waals surface area contributed by atoms with Gasteiger partial charge in [-0.2, -0.15) is 0 Å². The lowest BCUT2D eigenvalue weighted by atomic mass is 9.65. The van der Waals surface area contributed by atoms with E-state index in [1.54, 1.807) is 0 Å². The number of pyridine rings is 1. The molecule has 63 heavy (non-hydrogen) atoms. The van der Waals surface area contributed by atoms with Crippen molar-refractivity contribution in [2.24, 2.45) is 0 Å². The molecule has 12 aromatic rings. The van der Waals surface area contributed by atoms with Gasteiger partial charge in [0.2, 0.25) is 0 Å². The third kappa shape index (κ3) is 4.71. The highest BCUT2D eigenvalue weighted by atomic mass is 16.3. The maximum absolute atomic E-state index is 6.29. The molecule has 3 heteroatoms. The van der Waals surface area contributed by atoms with Gasteiger partial charge < -0.3 is 8.98 Å². The standard InChI is InChI=1S/C60H36N2O/c1-3-15-37(16-4-1)41-35-52(38-17-5-2-6-18-38)61-53(36-41)45-22-14-24-50-58(45)47-34-39(40-30-32-57-46(33-40)43-20-8-12-28-56(43)63-57)29-31-48(47)60(50)49-23-9-11-27-55(49)62-54-26-10-7-19-42(54)44-21-13-25-51(60)59(44)62/h1-36H. The van der Waals surface area contributed by atoms with E-state index in [0.717, 1.165) is 66.7 Å². The van der Waals surface area contributed by atoms with Crippen LogP contribution in [0, 0.1) is 0 Å². The summed E-state index contributed by atoms with van der Waals surface area (Å²) in [4.78, 5) is 5.55. The Labute approximate surface area is 363 Å². The van der Waals surface area contributed by atoms with E-state index in [4.69, 9.17) is 9.40 Å². The van der Waals surface area contributed by atoms with Crippen LogP contribution in [-0.2, 0) is 5.41 Å². The van der Waals surface area contributed by atoms with Crippen LogP contribution < -0.4 is 0 Å². The van der Waals surface area contributed by atoms with Crippen LogP contribution in [0.3, 0.4) is 0 Å². The highest BCUT2D eigenvalue weighted by Crippen LogP contribution is 2.63. The van der Waals surface area contributed by atoms with Gasteiger partial charge in [-0.1, -0.05) is 170 Å². The first-order chi connectivity index (χ1) is 31.2. The quantitative estimate of drug-likeness (QED) is 0.177. The number of benzene rings is 9. The van der Waals surface area contributed by atoms with Crippen molar-refractivity contribution in [3.63, 3.8) is 0 Å². The lowest BCUT2D eigenvalue weighted by molar-refractivity contribution is 0.669. The van der Waals surface area contributed by atoms with E-state index in [1.807, 2.05) is 12.1 Å². The summed E-state index contributed by atoms with van der Waals surface area (Å²) in [7, 11) is 0. The second-order valence-corrected chi connectivity index (χ2v) is 17.0. The van der Waals surface area contributed by atoms with E-state index in [1.165, 1.54) is 60.9 Å². The van der Waals surface area contributed by atoms with Gasteiger partial charge in [0.05, 0.1) is 33.5 Å². The second-order valence-electron chi connectivity index (χ2n) is 17.0. The van der Waals surface area contributed by atoms with Gasteiger partial charge in [-0.25, -0.2) is 4.98 Å². The molecule has 4 heterocycles. The normalized spacial score (nSPS) is 14.7. The minimum absolute atomic E-state index is 0.607. The zero-order valence-electron chi connectivity index (χ0n) is 34.1. The number of rotatable bonds is 4. The van der Waals surface area contributed by atoms with E-state index in [-0.39, 0.29) is 0 Å². The molecule has 3 aromatic heterocycles. The molecule has 0 radical (unpaired) electrons. The predicted molar refractivity (Wildman–Crippen MR) is 258 cm³/mol. The second kappa shape index (κ2) is 12.9. The zero-order chi connectivity index (χ0) is 41.2. The lowest BCUT2D eigenvalue weighted by Gasteiger charge is -2.39. The zero-order valence-corrected chi connectivity index (χ0v) is 34.1. The molecule has 0 saturated carbocycles. The van der Waals surface area contributed by atoms with Crippen molar-refractivity contribution >= 4 is 43.7 Å². The molecule has 0 amide bonds. The molecule has 292 valence electrons. The molecule has 9 aromatic carbocycles. The number of nitrogens with zero attached hydrogens (tertiary/aromatic N) is 2. The average molecular weight is 801 g/mol. The van der Waals surface area contributed by atoms with E-state index >= 15 is 0 Å². The topological polar surface area (TPSA) is 31.0 Å². The van der Waals surface area contributed by atoms with Crippen molar-refractivity contribution in [3.8, 4) is 61.6 Å². The summed E-state index contributed by atoms with van der Waals surface area (Å²) in [6.07, 6.45) is 0. The fraction of sp³-hybridized carbons (Fsp3) is 0.0167. The van der Waals surface area contributed by atoms with Gasteiger partial charge in [0.15, 0.2) is 0 Å². The van der Waals surface area contributed by atoms with Crippen molar-refractivity contribution < 1.29 is 4.42 Å². The van der Waals surface area contributed by atoms with Crippen molar-refractivity contribution in [1.29, 1.82) is 0 Å². The summed E-state index contributed by atoms with van der Waals surface area (Å²) in [6.45, 7) is 0. The van der Waals surface area contributed by atoms with E-state index in [9.17, 15) is 0 Å². The number of hydrogen-bond acceptors (Lipinski definition) is 2. The van der Waals surface area contributed by atoms with Crippen LogP contribution >= 0.6 is 0 Å². The highest BCUT2D eigenvalue weighted by Gasteiger charge is 2.51. The minimum atomic E-state index is -0.607. The van der Waals surface area contributed by atoms with Crippen LogP contribution in [0.25, 0.3) is 105 Å². The van der Waals surface area contributed by atoms with Crippen molar-refractivity contribution in [3.05, 3.63) is 241 Å². The molecule has 1 spiro atoms. The summed E-state index contributed by atoms with van der Waals surface area (Å²) >= 11 is 0. The Bertz CT molecular complexity index is 3800.